The molecule has 0 spiro atoms. The fourth-order valence-electron chi connectivity index (χ4n) is 2.06. The van der Waals surface area contributed by atoms with Crippen molar-refractivity contribution in [3.63, 3.8) is 0 Å². The first kappa shape index (κ1) is 17.2. The molecule has 0 bridgehead atoms. The Morgan fingerprint density at radius 1 is 1.24 bits per heavy atom. The molecule has 7 nitrogen and oxygen atoms in total. The average Bonchev–Trinajstić information content (AvgIpc) is 3.12. The summed E-state index contributed by atoms with van der Waals surface area (Å²) in [6.45, 7) is 1.64. The Hall–Kier alpha value is -2.64. The van der Waals surface area contributed by atoms with E-state index in [0.717, 1.165) is 5.69 Å². The van der Waals surface area contributed by atoms with Crippen molar-refractivity contribution in [1.82, 2.24) is 20.2 Å². The summed E-state index contributed by atoms with van der Waals surface area (Å²) >= 11 is 11.9. The van der Waals surface area contributed by atoms with Crippen LogP contribution in [0.25, 0.3) is 5.69 Å². The van der Waals surface area contributed by atoms with Crippen LogP contribution in [0.5, 0.6) is 5.75 Å². The highest BCUT2D eigenvalue weighted by Gasteiger charge is 2.16. The Morgan fingerprint density at radius 3 is 2.80 bits per heavy atom. The lowest BCUT2D eigenvalue weighted by Gasteiger charge is -2.16. The highest BCUT2D eigenvalue weighted by atomic mass is 35.5. The molecule has 9 heteroatoms. The van der Waals surface area contributed by atoms with Gasteiger partial charge >= 0.3 is 0 Å². The standard InChI is InChI=1S/C16H13Cl2N5O2/c1-10(16(24)20-15-6-5-11(17)7-14(15)18)25-13-4-2-3-12(8-13)23-9-19-21-22-23/h2-10H,1H3,(H,20,24)/t10-/m1/s1. The number of carbonyl (C=O) groups excluding carboxylic acids is 1. The second kappa shape index (κ2) is 7.50. The van der Waals surface area contributed by atoms with E-state index in [1.807, 2.05) is 6.07 Å². The summed E-state index contributed by atoms with van der Waals surface area (Å²) < 4.78 is 7.18. The molecule has 0 aliphatic carbocycles. The van der Waals surface area contributed by atoms with E-state index in [4.69, 9.17) is 27.9 Å². The lowest BCUT2D eigenvalue weighted by molar-refractivity contribution is -0.122. The molecule has 1 N–H and O–H groups in total. The van der Waals surface area contributed by atoms with E-state index in [1.54, 1.807) is 43.3 Å². The number of ether oxygens (including phenoxy) is 1. The number of benzene rings is 2. The molecule has 1 amide bonds. The van der Waals surface area contributed by atoms with Crippen LogP contribution in [0.4, 0.5) is 5.69 Å². The molecule has 1 heterocycles. The average molecular weight is 378 g/mol. The quantitative estimate of drug-likeness (QED) is 0.736. The van der Waals surface area contributed by atoms with Gasteiger partial charge < -0.3 is 10.1 Å². The molecule has 0 aliphatic rings. The van der Waals surface area contributed by atoms with Gasteiger partial charge in [-0.2, -0.15) is 0 Å². The Bertz CT molecular complexity index is 886. The van der Waals surface area contributed by atoms with Crippen molar-refractivity contribution in [3.05, 3.63) is 58.8 Å². The van der Waals surface area contributed by atoms with E-state index in [1.165, 1.54) is 11.0 Å². The Morgan fingerprint density at radius 2 is 2.08 bits per heavy atom. The number of hydrogen-bond donors (Lipinski definition) is 1. The number of hydrogen-bond acceptors (Lipinski definition) is 5. The maximum absolute atomic E-state index is 12.3. The van der Waals surface area contributed by atoms with Gasteiger partial charge in [0.1, 0.15) is 12.1 Å². The molecular formula is C16H13Cl2N5O2. The molecule has 0 aliphatic heterocycles. The molecule has 1 aromatic heterocycles. The molecule has 2 aromatic carbocycles. The van der Waals surface area contributed by atoms with Gasteiger partial charge in [-0.1, -0.05) is 29.3 Å². The summed E-state index contributed by atoms with van der Waals surface area (Å²) in [5.74, 6) is 0.176. The molecule has 0 saturated carbocycles. The second-order valence-corrected chi connectivity index (χ2v) is 5.97. The lowest BCUT2D eigenvalue weighted by Crippen LogP contribution is -2.30. The van der Waals surface area contributed by atoms with Gasteiger partial charge in [-0.25, -0.2) is 4.68 Å². The third-order valence-electron chi connectivity index (χ3n) is 3.30. The first-order valence-corrected chi connectivity index (χ1v) is 8.04. The highest BCUT2D eigenvalue weighted by molar-refractivity contribution is 6.36. The van der Waals surface area contributed by atoms with E-state index < -0.39 is 6.10 Å². The number of anilines is 1. The van der Waals surface area contributed by atoms with E-state index in [9.17, 15) is 4.79 Å². The molecule has 25 heavy (non-hydrogen) atoms. The Labute approximate surface area is 153 Å². The van der Waals surface area contributed by atoms with Crippen LogP contribution < -0.4 is 10.1 Å². The number of halogens is 2. The fraction of sp³-hybridized carbons (Fsp3) is 0.125. The minimum atomic E-state index is -0.740. The van der Waals surface area contributed by atoms with Gasteiger partial charge in [0.2, 0.25) is 0 Å². The molecule has 128 valence electrons. The monoisotopic (exact) mass is 377 g/mol. The lowest BCUT2D eigenvalue weighted by atomic mass is 10.2. The molecule has 0 radical (unpaired) electrons. The van der Waals surface area contributed by atoms with Crippen molar-refractivity contribution in [2.45, 2.75) is 13.0 Å². The Balaban J connectivity index is 1.68. The van der Waals surface area contributed by atoms with E-state index >= 15 is 0 Å². The second-order valence-electron chi connectivity index (χ2n) is 5.13. The molecule has 0 fully saturated rings. The number of amides is 1. The number of carbonyl (C=O) groups is 1. The summed E-state index contributed by atoms with van der Waals surface area (Å²) in [6, 6.07) is 11.9. The van der Waals surface area contributed by atoms with Crippen LogP contribution in [0, 0.1) is 0 Å². The smallest absolute Gasteiger partial charge is 0.265 e. The molecule has 0 saturated heterocycles. The summed E-state index contributed by atoms with van der Waals surface area (Å²) in [5.41, 5.74) is 1.19. The summed E-state index contributed by atoms with van der Waals surface area (Å²) in [6.07, 6.45) is 0.730. The number of nitrogens with one attached hydrogen (secondary N) is 1. The first-order valence-electron chi connectivity index (χ1n) is 7.29. The van der Waals surface area contributed by atoms with Crippen molar-refractivity contribution in [2.75, 3.05) is 5.32 Å². The third-order valence-corrected chi connectivity index (χ3v) is 3.85. The largest absolute Gasteiger partial charge is 0.481 e. The number of aromatic nitrogens is 4. The van der Waals surface area contributed by atoms with Crippen molar-refractivity contribution < 1.29 is 9.53 Å². The minimum absolute atomic E-state index is 0.336. The predicted molar refractivity (Wildman–Crippen MR) is 94.3 cm³/mol. The van der Waals surface area contributed by atoms with Gasteiger partial charge in [-0.3, -0.25) is 4.79 Å². The minimum Gasteiger partial charge on any atom is -0.481 e. The zero-order valence-electron chi connectivity index (χ0n) is 13.1. The van der Waals surface area contributed by atoms with E-state index in [0.29, 0.717) is 21.5 Å². The predicted octanol–water partition coefficient (Wildman–Crippen LogP) is 3.38. The van der Waals surface area contributed by atoms with Crippen molar-refractivity contribution in [1.29, 1.82) is 0 Å². The fourth-order valence-corrected chi connectivity index (χ4v) is 2.52. The number of rotatable bonds is 5. The topological polar surface area (TPSA) is 81.9 Å². The zero-order valence-corrected chi connectivity index (χ0v) is 14.6. The van der Waals surface area contributed by atoms with Crippen LogP contribution >= 0.6 is 23.2 Å². The Kier molecular flexibility index (Phi) is 5.16. The molecule has 3 aromatic rings. The van der Waals surface area contributed by atoms with E-state index in [-0.39, 0.29) is 5.91 Å². The number of tetrazole rings is 1. The number of nitrogens with zero attached hydrogens (tertiary/aromatic N) is 4. The summed E-state index contributed by atoms with van der Waals surface area (Å²) in [4.78, 5) is 12.3. The maximum atomic E-state index is 12.3. The van der Waals surface area contributed by atoms with Gasteiger partial charge in [0, 0.05) is 11.1 Å². The summed E-state index contributed by atoms with van der Waals surface area (Å²) in [7, 11) is 0. The van der Waals surface area contributed by atoms with Crippen molar-refractivity contribution >= 4 is 34.8 Å². The molecular weight excluding hydrogens is 365 g/mol. The van der Waals surface area contributed by atoms with Crippen molar-refractivity contribution in [3.8, 4) is 11.4 Å². The normalized spacial score (nSPS) is 11.8. The van der Waals surface area contributed by atoms with Gasteiger partial charge in [-0.05, 0) is 47.7 Å². The van der Waals surface area contributed by atoms with Crippen LogP contribution in [0.3, 0.4) is 0 Å². The maximum Gasteiger partial charge on any atom is 0.265 e. The van der Waals surface area contributed by atoms with Gasteiger partial charge in [0.05, 0.1) is 16.4 Å². The van der Waals surface area contributed by atoms with E-state index in [2.05, 4.69) is 20.8 Å². The molecule has 3 rings (SSSR count). The van der Waals surface area contributed by atoms with Gasteiger partial charge in [0.15, 0.2) is 6.10 Å². The first-order chi connectivity index (χ1) is 12.0. The van der Waals surface area contributed by atoms with Crippen LogP contribution in [-0.2, 0) is 4.79 Å². The van der Waals surface area contributed by atoms with Crippen LogP contribution in [0.15, 0.2) is 48.8 Å². The summed E-state index contributed by atoms with van der Waals surface area (Å²) in [5, 5.41) is 14.5. The van der Waals surface area contributed by atoms with Crippen LogP contribution in [0.1, 0.15) is 6.92 Å². The zero-order chi connectivity index (χ0) is 17.8. The highest BCUT2D eigenvalue weighted by Crippen LogP contribution is 2.25. The SMILES string of the molecule is C[C@@H](Oc1cccc(-n2cnnn2)c1)C(=O)Nc1ccc(Cl)cc1Cl. The van der Waals surface area contributed by atoms with Crippen LogP contribution in [-0.4, -0.2) is 32.2 Å². The third kappa shape index (κ3) is 4.26. The van der Waals surface area contributed by atoms with Gasteiger partial charge in [-0.15, -0.1) is 5.10 Å². The molecule has 1 atom stereocenters. The van der Waals surface area contributed by atoms with Crippen molar-refractivity contribution in [2.24, 2.45) is 0 Å². The molecule has 0 unspecified atom stereocenters. The van der Waals surface area contributed by atoms with Crippen LogP contribution in [0.2, 0.25) is 10.0 Å². The van der Waals surface area contributed by atoms with Gasteiger partial charge in [0.25, 0.3) is 5.91 Å².